The number of benzene rings is 1. The summed E-state index contributed by atoms with van der Waals surface area (Å²) in [5.41, 5.74) is 3.72. The van der Waals surface area contributed by atoms with Gasteiger partial charge in [-0.25, -0.2) is 9.97 Å². The SMILES string of the molecule is CSCCC(NC(=O)c1sc(-c2ccsc2)nc1C)c1nc2ccccc2[nH]1. The normalized spacial score (nSPS) is 12.4. The summed E-state index contributed by atoms with van der Waals surface area (Å²) in [6.45, 7) is 1.89. The average Bonchev–Trinajstić information content (AvgIpc) is 3.43. The molecule has 1 atom stereocenters. The maximum Gasteiger partial charge on any atom is 0.263 e. The Bertz CT molecular complexity index is 1050. The molecule has 0 radical (unpaired) electrons. The summed E-state index contributed by atoms with van der Waals surface area (Å²) in [5, 5.41) is 8.13. The van der Waals surface area contributed by atoms with Crippen LogP contribution < -0.4 is 5.32 Å². The van der Waals surface area contributed by atoms with Gasteiger partial charge in [0.15, 0.2) is 0 Å². The molecule has 1 amide bonds. The Hall–Kier alpha value is -2.16. The lowest BCUT2D eigenvalue weighted by atomic mass is 10.2. The van der Waals surface area contributed by atoms with Crippen LogP contribution in [0.4, 0.5) is 0 Å². The highest BCUT2D eigenvalue weighted by Gasteiger charge is 2.22. The van der Waals surface area contributed by atoms with E-state index in [-0.39, 0.29) is 11.9 Å². The number of nitrogens with zero attached hydrogens (tertiary/aromatic N) is 2. The van der Waals surface area contributed by atoms with Gasteiger partial charge in [-0.1, -0.05) is 12.1 Å². The van der Waals surface area contributed by atoms with E-state index in [2.05, 4.69) is 26.9 Å². The summed E-state index contributed by atoms with van der Waals surface area (Å²) >= 11 is 4.83. The fourth-order valence-electron chi connectivity index (χ4n) is 2.99. The maximum absolute atomic E-state index is 13.0. The zero-order valence-electron chi connectivity index (χ0n) is 15.6. The van der Waals surface area contributed by atoms with Crippen LogP contribution in [0.3, 0.4) is 0 Å². The number of aromatic nitrogens is 3. The van der Waals surface area contributed by atoms with Crippen LogP contribution in [0.5, 0.6) is 0 Å². The van der Waals surface area contributed by atoms with Crippen LogP contribution in [-0.2, 0) is 0 Å². The molecule has 0 bridgehead atoms. The number of aromatic amines is 1. The Labute approximate surface area is 175 Å². The van der Waals surface area contributed by atoms with Gasteiger partial charge in [-0.15, -0.1) is 11.3 Å². The zero-order chi connectivity index (χ0) is 19.5. The number of carbonyl (C=O) groups is 1. The molecule has 0 aliphatic carbocycles. The van der Waals surface area contributed by atoms with Gasteiger partial charge >= 0.3 is 0 Å². The van der Waals surface area contributed by atoms with Crippen LogP contribution in [0.1, 0.15) is 33.7 Å². The summed E-state index contributed by atoms with van der Waals surface area (Å²) < 4.78 is 0. The van der Waals surface area contributed by atoms with Crippen LogP contribution in [-0.4, -0.2) is 32.9 Å². The fraction of sp³-hybridized carbons (Fsp3) is 0.250. The minimum Gasteiger partial charge on any atom is -0.341 e. The van der Waals surface area contributed by atoms with E-state index in [0.29, 0.717) is 4.88 Å². The largest absolute Gasteiger partial charge is 0.341 e. The third-order valence-corrected chi connectivity index (χ3v) is 6.96. The second-order valence-electron chi connectivity index (χ2n) is 6.39. The molecule has 1 aromatic carbocycles. The number of hydrogen-bond donors (Lipinski definition) is 2. The van der Waals surface area contributed by atoms with Crippen molar-refractivity contribution in [2.75, 3.05) is 12.0 Å². The Morgan fingerprint density at radius 2 is 2.14 bits per heavy atom. The molecule has 3 heterocycles. The third-order valence-electron chi connectivity index (χ3n) is 4.42. The number of amides is 1. The van der Waals surface area contributed by atoms with E-state index in [0.717, 1.165) is 45.3 Å². The standard InChI is InChI=1S/C20H20N4OS3/c1-12-17(28-20(21-12)13-7-10-27-11-13)19(25)24-16(8-9-26-2)18-22-14-5-3-4-6-15(14)23-18/h3-7,10-11,16H,8-9H2,1-2H3,(H,22,23)(H,24,25). The highest BCUT2D eigenvalue weighted by molar-refractivity contribution is 7.98. The minimum atomic E-state index is -0.168. The molecule has 28 heavy (non-hydrogen) atoms. The van der Waals surface area contributed by atoms with Gasteiger partial charge in [0, 0.05) is 10.9 Å². The monoisotopic (exact) mass is 428 g/mol. The predicted molar refractivity (Wildman–Crippen MR) is 119 cm³/mol. The molecule has 0 saturated carbocycles. The molecular weight excluding hydrogens is 408 g/mol. The van der Waals surface area contributed by atoms with Crippen molar-refractivity contribution in [3.63, 3.8) is 0 Å². The maximum atomic E-state index is 13.0. The van der Waals surface area contributed by atoms with Crippen molar-refractivity contribution in [2.24, 2.45) is 0 Å². The molecule has 2 N–H and O–H groups in total. The molecule has 5 nitrogen and oxygen atoms in total. The van der Waals surface area contributed by atoms with E-state index in [1.54, 1.807) is 23.1 Å². The van der Waals surface area contributed by atoms with Gasteiger partial charge in [0.1, 0.15) is 15.7 Å². The number of thioether (sulfide) groups is 1. The van der Waals surface area contributed by atoms with Crippen molar-refractivity contribution < 1.29 is 4.79 Å². The van der Waals surface area contributed by atoms with Gasteiger partial charge in [0.05, 0.1) is 22.8 Å². The number of H-pyrrole nitrogens is 1. The fourth-order valence-corrected chi connectivity index (χ4v) is 5.14. The van der Waals surface area contributed by atoms with E-state index in [1.165, 1.54) is 11.3 Å². The smallest absolute Gasteiger partial charge is 0.263 e. The molecular formula is C20H20N4OS3. The van der Waals surface area contributed by atoms with E-state index in [1.807, 2.05) is 42.6 Å². The van der Waals surface area contributed by atoms with Crippen molar-refractivity contribution in [3.05, 3.63) is 57.5 Å². The Morgan fingerprint density at radius 3 is 2.89 bits per heavy atom. The summed E-state index contributed by atoms with van der Waals surface area (Å²) in [6.07, 6.45) is 2.87. The van der Waals surface area contributed by atoms with E-state index in [9.17, 15) is 4.79 Å². The Kier molecular flexibility index (Phi) is 5.79. The first kappa shape index (κ1) is 19.2. The average molecular weight is 429 g/mol. The summed E-state index contributed by atoms with van der Waals surface area (Å²) in [5.74, 6) is 1.64. The van der Waals surface area contributed by atoms with Gasteiger partial charge < -0.3 is 10.3 Å². The van der Waals surface area contributed by atoms with E-state index >= 15 is 0 Å². The lowest BCUT2D eigenvalue weighted by Crippen LogP contribution is -2.29. The predicted octanol–water partition coefficient (Wildman–Crippen LogP) is 5.28. The first-order valence-electron chi connectivity index (χ1n) is 8.90. The van der Waals surface area contributed by atoms with Crippen LogP contribution in [0.15, 0.2) is 41.1 Å². The molecule has 0 aliphatic heterocycles. The number of hydrogen-bond acceptors (Lipinski definition) is 6. The van der Waals surface area contributed by atoms with Gasteiger partial charge in [0.25, 0.3) is 5.91 Å². The van der Waals surface area contributed by atoms with Gasteiger partial charge in [-0.2, -0.15) is 23.1 Å². The van der Waals surface area contributed by atoms with Crippen molar-refractivity contribution in [2.45, 2.75) is 19.4 Å². The molecule has 0 aliphatic rings. The quantitative estimate of drug-likeness (QED) is 0.420. The zero-order valence-corrected chi connectivity index (χ0v) is 18.0. The number of nitrogens with one attached hydrogen (secondary N) is 2. The number of thiazole rings is 1. The Morgan fingerprint density at radius 1 is 1.29 bits per heavy atom. The molecule has 0 spiro atoms. The number of carbonyl (C=O) groups excluding carboxylic acids is 1. The Balaban J connectivity index is 1.59. The number of imidazole rings is 1. The van der Waals surface area contributed by atoms with E-state index in [4.69, 9.17) is 4.98 Å². The number of para-hydroxylation sites is 2. The lowest BCUT2D eigenvalue weighted by Gasteiger charge is -2.16. The number of fused-ring (bicyclic) bond motifs is 1. The number of aryl methyl sites for hydroxylation is 1. The van der Waals surface area contributed by atoms with E-state index < -0.39 is 0 Å². The molecule has 3 aromatic heterocycles. The minimum absolute atomic E-state index is 0.0944. The summed E-state index contributed by atoms with van der Waals surface area (Å²) in [7, 11) is 0. The van der Waals surface area contributed by atoms with Crippen molar-refractivity contribution in [1.82, 2.24) is 20.3 Å². The van der Waals surface area contributed by atoms with Crippen molar-refractivity contribution in [1.29, 1.82) is 0 Å². The first-order valence-corrected chi connectivity index (χ1v) is 12.1. The lowest BCUT2D eigenvalue weighted by molar-refractivity contribution is 0.0937. The highest BCUT2D eigenvalue weighted by atomic mass is 32.2. The first-order chi connectivity index (χ1) is 13.7. The third kappa shape index (κ3) is 3.99. The van der Waals surface area contributed by atoms with Gasteiger partial charge in [-0.3, -0.25) is 4.79 Å². The van der Waals surface area contributed by atoms with Crippen molar-refractivity contribution in [3.8, 4) is 10.6 Å². The summed E-state index contributed by atoms with van der Waals surface area (Å²) in [6, 6.07) is 9.78. The van der Waals surface area contributed by atoms with Crippen LogP contribution in [0.2, 0.25) is 0 Å². The topological polar surface area (TPSA) is 70.7 Å². The second kappa shape index (κ2) is 8.46. The molecule has 0 saturated heterocycles. The van der Waals surface area contributed by atoms with Gasteiger partial charge in [0.2, 0.25) is 0 Å². The summed E-state index contributed by atoms with van der Waals surface area (Å²) in [4.78, 5) is 26.3. The molecule has 4 rings (SSSR count). The number of thiophene rings is 1. The molecule has 8 heteroatoms. The van der Waals surface area contributed by atoms with Crippen LogP contribution in [0.25, 0.3) is 21.6 Å². The molecule has 0 fully saturated rings. The molecule has 144 valence electrons. The second-order valence-corrected chi connectivity index (χ2v) is 9.16. The van der Waals surface area contributed by atoms with Crippen molar-refractivity contribution >= 4 is 51.4 Å². The highest BCUT2D eigenvalue weighted by Crippen LogP contribution is 2.30. The van der Waals surface area contributed by atoms with Gasteiger partial charge in [-0.05, 0) is 48.9 Å². The van der Waals surface area contributed by atoms with Crippen LogP contribution >= 0.6 is 34.4 Å². The van der Waals surface area contributed by atoms with Crippen LogP contribution in [0, 0.1) is 6.92 Å². The number of rotatable bonds is 7. The molecule has 1 unspecified atom stereocenters. The molecule has 4 aromatic rings.